The van der Waals surface area contributed by atoms with Crippen molar-refractivity contribution in [3.05, 3.63) is 75.6 Å². The first-order valence-electron chi connectivity index (χ1n) is 10.1. The summed E-state index contributed by atoms with van der Waals surface area (Å²) in [5, 5.41) is 3.27. The van der Waals surface area contributed by atoms with Gasteiger partial charge in [-0.05, 0) is 49.4 Å². The lowest BCUT2D eigenvalue weighted by Crippen LogP contribution is -2.12. The Morgan fingerprint density at radius 2 is 1.94 bits per heavy atom. The third kappa shape index (κ3) is 5.84. The Kier molecular flexibility index (Phi) is 6.29. The number of nitrogens with zero attached hydrogens (tertiary/aromatic N) is 2. The van der Waals surface area contributed by atoms with Gasteiger partial charge in [-0.2, -0.15) is 13.2 Å². The topological polar surface area (TPSA) is 72.0 Å². The second-order valence-electron chi connectivity index (χ2n) is 7.71. The molecule has 0 atom stereocenters. The summed E-state index contributed by atoms with van der Waals surface area (Å²) in [4.78, 5) is 33.2. The van der Waals surface area contributed by atoms with Crippen molar-refractivity contribution < 1.29 is 22.8 Å². The van der Waals surface area contributed by atoms with Gasteiger partial charge in [0, 0.05) is 28.9 Å². The Bertz CT molecular complexity index is 1280. The minimum absolute atomic E-state index is 0.0267. The van der Waals surface area contributed by atoms with Crippen LogP contribution in [0.15, 0.2) is 42.7 Å². The molecule has 0 bridgehead atoms. The largest absolute Gasteiger partial charge is 0.416 e. The molecule has 1 saturated carbocycles. The van der Waals surface area contributed by atoms with Gasteiger partial charge in [0.25, 0.3) is 0 Å². The molecule has 33 heavy (non-hydrogen) atoms. The number of aromatic nitrogens is 2. The molecule has 0 spiro atoms. The number of thiazole rings is 1. The number of benzene rings is 1. The molecule has 0 saturated heterocycles. The maximum Gasteiger partial charge on any atom is 0.416 e. The van der Waals surface area contributed by atoms with Crippen LogP contribution in [-0.2, 0) is 17.4 Å². The Morgan fingerprint density at radius 3 is 2.67 bits per heavy atom. The third-order valence-corrected chi connectivity index (χ3v) is 5.88. The van der Waals surface area contributed by atoms with Gasteiger partial charge in [-0.25, -0.2) is 4.98 Å². The molecule has 4 rings (SSSR count). The molecule has 2 aromatic heterocycles. The summed E-state index contributed by atoms with van der Waals surface area (Å²) in [6.07, 6.45) is -0.314. The van der Waals surface area contributed by atoms with E-state index in [9.17, 15) is 22.8 Å². The van der Waals surface area contributed by atoms with Crippen molar-refractivity contribution in [1.29, 1.82) is 0 Å². The molecule has 168 valence electrons. The minimum Gasteiger partial charge on any atom is -0.302 e. The molecule has 1 amide bonds. The van der Waals surface area contributed by atoms with E-state index in [2.05, 4.69) is 27.1 Å². The van der Waals surface area contributed by atoms with Crippen molar-refractivity contribution >= 4 is 28.2 Å². The van der Waals surface area contributed by atoms with E-state index in [1.807, 2.05) is 6.92 Å². The number of Topliss-reactive ketones (excluding diaryl/α,β-unsaturated/α-hetero) is 1. The van der Waals surface area contributed by atoms with Crippen molar-refractivity contribution in [1.82, 2.24) is 9.97 Å². The van der Waals surface area contributed by atoms with Gasteiger partial charge in [-0.3, -0.25) is 14.6 Å². The van der Waals surface area contributed by atoms with E-state index in [4.69, 9.17) is 0 Å². The lowest BCUT2D eigenvalue weighted by molar-refractivity contribution is -0.137. The second-order valence-corrected chi connectivity index (χ2v) is 8.74. The molecule has 3 aromatic rings. The molecule has 1 aromatic carbocycles. The van der Waals surface area contributed by atoms with Gasteiger partial charge >= 0.3 is 6.18 Å². The first kappa shape index (κ1) is 22.7. The van der Waals surface area contributed by atoms with Crippen LogP contribution in [0.2, 0.25) is 0 Å². The van der Waals surface area contributed by atoms with Crippen molar-refractivity contribution in [2.45, 2.75) is 32.4 Å². The average molecular weight is 469 g/mol. The summed E-state index contributed by atoms with van der Waals surface area (Å²) in [5.41, 5.74) is 1.02. The number of hydrogen-bond donors (Lipinski definition) is 1. The number of rotatable bonds is 5. The number of nitrogens with one attached hydrogen (secondary N) is 1. The molecule has 0 aliphatic heterocycles. The summed E-state index contributed by atoms with van der Waals surface area (Å²) in [5.74, 6) is 5.70. The number of anilines is 1. The van der Waals surface area contributed by atoms with Gasteiger partial charge in [-0.15, -0.1) is 0 Å². The smallest absolute Gasteiger partial charge is 0.302 e. The van der Waals surface area contributed by atoms with Crippen LogP contribution in [0.1, 0.15) is 50.5 Å². The lowest BCUT2D eigenvalue weighted by atomic mass is 10.00. The van der Waals surface area contributed by atoms with Crippen LogP contribution >= 0.6 is 11.3 Å². The number of ketones is 1. The highest BCUT2D eigenvalue weighted by Gasteiger charge is 2.31. The molecular weight excluding hydrogens is 451 g/mol. The first-order chi connectivity index (χ1) is 15.7. The Balaban J connectivity index is 1.48. The molecule has 0 radical (unpaired) electrons. The monoisotopic (exact) mass is 469 g/mol. The van der Waals surface area contributed by atoms with Crippen LogP contribution in [0.3, 0.4) is 0 Å². The van der Waals surface area contributed by atoms with E-state index < -0.39 is 11.7 Å². The van der Waals surface area contributed by atoms with E-state index in [0.29, 0.717) is 21.1 Å². The summed E-state index contributed by atoms with van der Waals surface area (Å²) in [6, 6.07) is 6.74. The zero-order chi connectivity index (χ0) is 23.6. The predicted octanol–water partition coefficient (Wildman–Crippen LogP) is 5.04. The van der Waals surface area contributed by atoms with Crippen LogP contribution in [0.4, 0.5) is 18.3 Å². The Labute approximate surface area is 192 Å². The van der Waals surface area contributed by atoms with E-state index in [-0.39, 0.29) is 29.7 Å². The standard InChI is InChI=1S/C24H18F3N3O2S/c1-14-2-3-17(21(31)12-19-11-18(8-9-28-19)24(25,26)27)10-16(14)6-7-20-13-29-23(33-20)30-22(32)15-4-5-15/h2-3,8-11,13,15H,4-5,12H2,1H3,(H,29,30,32). The van der Waals surface area contributed by atoms with Crippen LogP contribution in [0.5, 0.6) is 0 Å². The molecule has 1 fully saturated rings. The molecule has 0 unspecified atom stereocenters. The van der Waals surface area contributed by atoms with Crippen LogP contribution in [0.25, 0.3) is 0 Å². The molecule has 1 N–H and O–H groups in total. The van der Waals surface area contributed by atoms with Crippen LogP contribution < -0.4 is 5.32 Å². The van der Waals surface area contributed by atoms with Crippen molar-refractivity contribution in [3.63, 3.8) is 0 Å². The lowest BCUT2D eigenvalue weighted by Gasteiger charge is -2.08. The van der Waals surface area contributed by atoms with Crippen LogP contribution in [-0.4, -0.2) is 21.7 Å². The van der Waals surface area contributed by atoms with E-state index in [0.717, 1.165) is 36.7 Å². The molecule has 1 aliphatic rings. The number of carbonyl (C=O) groups excluding carboxylic acids is 2. The van der Waals surface area contributed by atoms with E-state index >= 15 is 0 Å². The highest BCUT2D eigenvalue weighted by Crippen LogP contribution is 2.31. The molecule has 9 heteroatoms. The van der Waals surface area contributed by atoms with Gasteiger partial charge < -0.3 is 5.32 Å². The van der Waals surface area contributed by atoms with E-state index in [1.54, 1.807) is 24.4 Å². The fourth-order valence-corrected chi connectivity index (χ4v) is 3.69. The summed E-state index contributed by atoms with van der Waals surface area (Å²) >= 11 is 1.26. The zero-order valence-corrected chi connectivity index (χ0v) is 18.3. The summed E-state index contributed by atoms with van der Waals surface area (Å²) < 4.78 is 38.7. The van der Waals surface area contributed by atoms with Gasteiger partial charge in [0.15, 0.2) is 10.9 Å². The number of halogens is 3. The predicted molar refractivity (Wildman–Crippen MR) is 118 cm³/mol. The van der Waals surface area contributed by atoms with Gasteiger partial charge in [0.2, 0.25) is 5.91 Å². The number of aryl methyl sites for hydroxylation is 1. The van der Waals surface area contributed by atoms with Gasteiger partial charge in [0.05, 0.1) is 23.1 Å². The highest BCUT2D eigenvalue weighted by atomic mass is 32.1. The fourth-order valence-electron chi connectivity index (χ4n) is 3.02. The van der Waals surface area contributed by atoms with Gasteiger partial charge in [0.1, 0.15) is 0 Å². The number of alkyl halides is 3. The van der Waals surface area contributed by atoms with Crippen molar-refractivity contribution in [2.24, 2.45) is 5.92 Å². The molecular formula is C24H18F3N3O2S. The highest BCUT2D eigenvalue weighted by molar-refractivity contribution is 7.16. The maximum atomic E-state index is 12.9. The normalized spacial score (nSPS) is 13.2. The summed E-state index contributed by atoms with van der Waals surface area (Å²) in [7, 11) is 0. The third-order valence-electron chi connectivity index (χ3n) is 5.05. The maximum absolute atomic E-state index is 12.9. The molecule has 5 nitrogen and oxygen atoms in total. The average Bonchev–Trinajstić information content (AvgIpc) is 3.53. The first-order valence-corrected chi connectivity index (χ1v) is 11.0. The van der Waals surface area contributed by atoms with Crippen molar-refractivity contribution in [3.8, 4) is 11.8 Å². The SMILES string of the molecule is Cc1ccc(C(=O)Cc2cc(C(F)(F)F)ccn2)cc1C#Cc1cnc(NC(=O)C2CC2)s1. The second kappa shape index (κ2) is 9.16. The summed E-state index contributed by atoms with van der Waals surface area (Å²) in [6.45, 7) is 1.85. The molecule has 1 aliphatic carbocycles. The minimum atomic E-state index is -4.50. The number of amides is 1. The number of carbonyl (C=O) groups is 2. The van der Waals surface area contributed by atoms with Crippen LogP contribution in [0, 0.1) is 24.7 Å². The fraction of sp³-hybridized carbons (Fsp3) is 0.250. The quantitative estimate of drug-likeness (QED) is 0.420. The van der Waals surface area contributed by atoms with Crippen molar-refractivity contribution in [2.75, 3.05) is 5.32 Å². The Morgan fingerprint density at radius 1 is 1.15 bits per heavy atom. The van der Waals surface area contributed by atoms with Gasteiger partial charge in [-0.1, -0.05) is 29.4 Å². The number of hydrogen-bond acceptors (Lipinski definition) is 5. The molecule has 2 heterocycles. The van der Waals surface area contributed by atoms with E-state index in [1.165, 1.54) is 11.3 Å². The number of pyridine rings is 1. The Hall–Kier alpha value is -3.51. The zero-order valence-electron chi connectivity index (χ0n) is 17.5.